The topological polar surface area (TPSA) is 93.6 Å². The van der Waals surface area contributed by atoms with Gasteiger partial charge >= 0.3 is 5.97 Å². The Morgan fingerprint density at radius 1 is 1.15 bits per heavy atom. The Kier molecular flexibility index (Phi) is 4.06. The lowest BCUT2D eigenvalue weighted by Gasteiger charge is -2.06. The maximum atomic E-state index is 11.5. The molecule has 0 amide bonds. The first-order chi connectivity index (χ1) is 12.7. The summed E-state index contributed by atoms with van der Waals surface area (Å²) < 4.78 is 4.66. The normalized spacial score (nSPS) is 10.8. The standard InChI is InChI=1S/C18H12ClN5O2/c1-26-18(25)11-7-12(19)15(22-9-11)10-4-5-13(21-8-10)17-23-14-3-2-6-20-16(14)24-17/h2-9H,1H3,(H,20,23,24). The second-order valence-electron chi connectivity index (χ2n) is 5.44. The summed E-state index contributed by atoms with van der Waals surface area (Å²) in [6, 6.07) is 8.93. The van der Waals surface area contributed by atoms with Crippen LogP contribution in [0.4, 0.5) is 0 Å². The second-order valence-corrected chi connectivity index (χ2v) is 5.85. The molecular formula is C18H12ClN5O2. The molecule has 128 valence electrons. The summed E-state index contributed by atoms with van der Waals surface area (Å²) >= 11 is 6.25. The smallest absolute Gasteiger partial charge is 0.339 e. The molecule has 0 aromatic carbocycles. The zero-order chi connectivity index (χ0) is 18.1. The van der Waals surface area contributed by atoms with Crippen LogP contribution in [0.5, 0.6) is 0 Å². The highest BCUT2D eigenvalue weighted by Gasteiger charge is 2.13. The van der Waals surface area contributed by atoms with Crippen LogP contribution in [0.2, 0.25) is 5.02 Å². The zero-order valence-electron chi connectivity index (χ0n) is 13.6. The van der Waals surface area contributed by atoms with Gasteiger partial charge in [-0.3, -0.25) is 9.97 Å². The van der Waals surface area contributed by atoms with Crippen molar-refractivity contribution in [3.63, 3.8) is 0 Å². The van der Waals surface area contributed by atoms with E-state index >= 15 is 0 Å². The van der Waals surface area contributed by atoms with Crippen molar-refractivity contribution in [2.24, 2.45) is 0 Å². The maximum Gasteiger partial charge on any atom is 0.339 e. The van der Waals surface area contributed by atoms with Crippen LogP contribution in [-0.4, -0.2) is 38.0 Å². The molecule has 8 heteroatoms. The van der Waals surface area contributed by atoms with E-state index in [1.165, 1.54) is 19.4 Å². The number of carbonyl (C=O) groups excluding carboxylic acids is 1. The Labute approximate surface area is 153 Å². The zero-order valence-corrected chi connectivity index (χ0v) is 14.4. The average molecular weight is 366 g/mol. The summed E-state index contributed by atoms with van der Waals surface area (Å²) in [5, 5.41) is 0.343. The molecule has 0 saturated carbocycles. The number of hydrogen-bond donors (Lipinski definition) is 1. The lowest BCUT2D eigenvalue weighted by Crippen LogP contribution is -2.02. The van der Waals surface area contributed by atoms with Crippen molar-refractivity contribution in [2.45, 2.75) is 0 Å². The van der Waals surface area contributed by atoms with Crippen molar-refractivity contribution in [3.8, 4) is 22.8 Å². The number of carbonyl (C=O) groups is 1. The lowest BCUT2D eigenvalue weighted by molar-refractivity contribution is 0.0600. The highest BCUT2D eigenvalue weighted by atomic mass is 35.5. The van der Waals surface area contributed by atoms with Crippen LogP contribution in [0, 0.1) is 0 Å². The van der Waals surface area contributed by atoms with E-state index in [0.717, 1.165) is 11.1 Å². The van der Waals surface area contributed by atoms with Crippen LogP contribution < -0.4 is 0 Å². The fourth-order valence-electron chi connectivity index (χ4n) is 2.52. The first-order valence-electron chi connectivity index (χ1n) is 7.67. The van der Waals surface area contributed by atoms with E-state index < -0.39 is 5.97 Å². The molecule has 0 saturated heterocycles. The molecule has 0 atom stereocenters. The van der Waals surface area contributed by atoms with Gasteiger partial charge in [0.2, 0.25) is 0 Å². The quantitative estimate of drug-likeness (QED) is 0.558. The van der Waals surface area contributed by atoms with Crippen LogP contribution in [0.3, 0.4) is 0 Å². The summed E-state index contributed by atoms with van der Waals surface area (Å²) in [4.78, 5) is 32.0. The average Bonchev–Trinajstić information content (AvgIpc) is 3.11. The highest BCUT2D eigenvalue weighted by Crippen LogP contribution is 2.27. The number of fused-ring (bicyclic) bond motifs is 1. The van der Waals surface area contributed by atoms with Crippen molar-refractivity contribution in [1.29, 1.82) is 0 Å². The Morgan fingerprint density at radius 2 is 2.04 bits per heavy atom. The van der Waals surface area contributed by atoms with Crippen molar-refractivity contribution >= 4 is 28.7 Å². The molecule has 26 heavy (non-hydrogen) atoms. The third-order valence-electron chi connectivity index (χ3n) is 3.80. The van der Waals surface area contributed by atoms with Crippen molar-refractivity contribution in [1.82, 2.24) is 24.9 Å². The first kappa shape index (κ1) is 16.2. The van der Waals surface area contributed by atoms with E-state index in [2.05, 4.69) is 29.7 Å². The number of nitrogens with one attached hydrogen (secondary N) is 1. The number of aromatic nitrogens is 5. The Morgan fingerprint density at radius 3 is 2.73 bits per heavy atom. The number of esters is 1. The summed E-state index contributed by atoms with van der Waals surface area (Å²) in [5.74, 6) is 0.142. The Hall–Kier alpha value is -3.32. The van der Waals surface area contributed by atoms with E-state index in [1.54, 1.807) is 12.4 Å². The molecule has 7 nitrogen and oxygen atoms in total. The van der Waals surface area contributed by atoms with Gasteiger partial charge in [-0.25, -0.2) is 14.8 Å². The highest BCUT2D eigenvalue weighted by molar-refractivity contribution is 6.33. The molecule has 0 aliphatic heterocycles. The third kappa shape index (κ3) is 2.89. The monoisotopic (exact) mass is 365 g/mol. The van der Waals surface area contributed by atoms with Crippen LogP contribution in [0.1, 0.15) is 10.4 Å². The van der Waals surface area contributed by atoms with Gasteiger partial charge in [0, 0.05) is 24.2 Å². The van der Waals surface area contributed by atoms with Crippen molar-refractivity contribution < 1.29 is 9.53 Å². The molecule has 0 aliphatic rings. The summed E-state index contributed by atoms with van der Waals surface area (Å²) in [7, 11) is 1.31. The van der Waals surface area contributed by atoms with E-state index in [1.807, 2.05) is 24.3 Å². The molecule has 1 N–H and O–H groups in total. The SMILES string of the molecule is COC(=O)c1cnc(-c2ccc(-c3nc4ncccc4[nH]3)nc2)c(Cl)c1. The summed E-state index contributed by atoms with van der Waals surface area (Å²) in [5.41, 5.74) is 3.71. The molecule has 0 unspecified atom stereocenters. The molecule has 0 spiro atoms. The van der Waals surface area contributed by atoms with E-state index in [-0.39, 0.29) is 0 Å². The number of pyridine rings is 3. The number of aromatic amines is 1. The number of methoxy groups -OCH3 is 1. The van der Waals surface area contributed by atoms with E-state index in [9.17, 15) is 4.79 Å². The van der Waals surface area contributed by atoms with Gasteiger partial charge in [-0.05, 0) is 30.3 Å². The van der Waals surface area contributed by atoms with Crippen LogP contribution in [0.15, 0.2) is 48.9 Å². The van der Waals surface area contributed by atoms with Gasteiger partial charge < -0.3 is 9.72 Å². The van der Waals surface area contributed by atoms with Gasteiger partial charge in [-0.2, -0.15) is 0 Å². The van der Waals surface area contributed by atoms with Gasteiger partial charge in [0.05, 0.1) is 28.9 Å². The van der Waals surface area contributed by atoms with E-state index in [4.69, 9.17) is 11.6 Å². The number of hydrogen-bond acceptors (Lipinski definition) is 6. The molecule has 0 bridgehead atoms. The molecule has 4 aromatic heterocycles. The Bertz CT molecular complexity index is 1080. The Balaban J connectivity index is 1.66. The molecule has 0 fully saturated rings. The number of ether oxygens (including phenoxy) is 1. The number of H-pyrrole nitrogens is 1. The third-order valence-corrected chi connectivity index (χ3v) is 4.09. The molecule has 4 heterocycles. The number of rotatable bonds is 3. The van der Waals surface area contributed by atoms with Crippen molar-refractivity contribution in [2.75, 3.05) is 7.11 Å². The minimum atomic E-state index is -0.488. The molecule has 0 radical (unpaired) electrons. The van der Waals surface area contributed by atoms with Crippen molar-refractivity contribution in [3.05, 3.63) is 59.5 Å². The minimum absolute atomic E-state index is 0.292. The summed E-state index contributed by atoms with van der Waals surface area (Å²) in [6.07, 6.45) is 4.77. The maximum absolute atomic E-state index is 11.5. The molecular weight excluding hydrogens is 354 g/mol. The fourth-order valence-corrected chi connectivity index (χ4v) is 2.80. The number of halogens is 1. The number of nitrogens with zero attached hydrogens (tertiary/aromatic N) is 4. The van der Waals surface area contributed by atoms with Gasteiger partial charge in [-0.1, -0.05) is 11.6 Å². The summed E-state index contributed by atoms with van der Waals surface area (Å²) in [6.45, 7) is 0. The first-order valence-corrected chi connectivity index (χ1v) is 8.05. The fraction of sp³-hybridized carbons (Fsp3) is 0.0556. The lowest BCUT2D eigenvalue weighted by atomic mass is 10.1. The van der Waals surface area contributed by atoms with Crippen LogP contribution >= 0.6 is 11.6 Å². The predicted octanol–water partition coefficient (Wildman–Crippen LogP) is 3.52. The largest absolute Gasteiger partial charge is 0.465 e. The predicted molar refractivity (Wildman–Crippen MR) is 96.7 cm³/mol. The molecule has 0 aliphatic carbocycles. The van der Waals surface area contributed by atoms with Gasteiger partial charge in [-0.15, -0.1) is 0 Å². The molecule has 4 aromatic rings. The minimum Gasteiger partial charge on any atom is -0.465 e. The second kappa shape index (κ2) is 6.53. The van der Waals surface area contributed by atoms with Gasteiger partial charge in [0.25, 0.3) is 0 Å². The van der Waals surface area contributed by atoms with Gasteiger partial charge in [0.15, 0.2) is 11.5 Å². The van der Waals surface area contributed by atoms with Crippen LogP contribution in [-0.2, 0) is 4.74 Å². The van der Waals surface area contributed by atoms with Crippen LogP contribution in [0.25, 0.3) is 33.9 Å². The van der Waals surface area contributed by atoms with E-state index in [0.29, 0.717) is 33.4 Å². The number of imidazole rings is 1. The van der Waals surface area contributed by atoms with Gasteiger partial charge in [0.1, 0.15) is 5.69 Å². The molecule has 4 rings (SSSR count).